The smallest absolute Gasteiger partial charge is 0.333 e. The van der Waals surface area contributed by atoms with Gasteiger partial charge in [-0.05, 0) is 25.0 Å². The second kappa shape index (κ2) is 7.65. The molecule has 4 heterocycles. The number of benzene rings is 1. The van der Waals surface area contributed by atoms with Crippen LogP contribution >= 0.6 is 0 Å². The summed E-state index contributed by atoms with van der Waals surface area (Å²) < 4.78 is 10.8. The Labute approximate surface area is 184 Å². The van der Waals surface area contributed by atoms with E-state index in [1.807, 2.05) is 33.7 Å². The molecule has 1 spiro atoms. The molecule has 1 atom stereocenters. The molecule has 0 N–H and O–H groups in total. The normalized spacial score (nSPS) is 20.4. The lowest BCUT2D eigenvalue weighted by atomic mass is 9.90. The van der Waals surface area contributed by atoms with Gasteiger partial charge in [-0.15, -0.1) is 0 Å². The van der Waals surface area contributed by atoms with E-state index in [0.29, 0.717) is 50.3 Å². The Morgan fingerprint density at radius 1 is 1.12 bits per heavy atom. The van der Waals surface area contributed by atoms with Crippen molar-refractivity contribution in [1.29, 1.82) is 0 Å². The van der Waals surface area contributed by atoms with Gasteiger partial charge in [-0.1, -0.05) is 12.1 Å². The zero-order valence-corrected chi connectivity index (χ0v) is 18.4. The van der Waals surface area contributed by atoms with Crippen molar-refractivity contribution in [1.82, 2.24) is 23.6 Å². The molecule has 0 aliphatic carbocycles. The van der Waals surface area contributed by atoms with Gasteiger partial charge in [-0.25, -0.2) is 9.78 Å². The number of aromatic nitrogens is 4. The van der Waals surface area contributed by atoms with E-state index in [2.05, 4.69) is 4.98 Å². The first-order valence-corrected chi connectivity index (χ1v) is 11.0. The topological polar surface area (TPSA) is 91.4 Å². The van der Waals surface area contributed by atoms with E-state index < -0.39 is 5.60 Å². The van der Waals surface area contributed by atoms with Gasteiger partial charge in [-0.3, -0.25) is 18.7 Å². The van der Waals surface area contributed by atoms with Crippen LogP contribution < -0.4 is 16.0 Å². The van der Waals surface area contributed by atoms with Crippen molar-refractivity contribution in [2.24, 2.45) is 14.1 Å². The van der Waals surface area contributed by atoms with Crippen LogP contribution in [-0.4, -0.2) is 48.2 Å². The van der Waals surface area contributed by atoms with Crippen LogP contribution in [0.3, 0.4) is 0 Å². The first-order chi connectivity index (χ1) is 15.4. The molecule has 0 radical (unpaired) electrons. The van der Waals surface area contributed by atoms with Gasteiger partial charge >= 0.3 is 5.69 Å². The van der Waals surface area contributed by atoms with E-state index in [4.69, 9.17) is 4.74 Å². The number of para-hydroxylation sites is 2. The number of fused-ring (bicyclic) bond motifs is 2. The summed E-state index contributed by atoms with van der Waals surface area (Å²) in [5.41, 5.74) is 1.30. The Balaban J connectivity index is 1.27. The molecule has 168 valence electrons. The second-order valence-corrected chi connectivity index (χ2v) is 8.86. The molecule has 2 aromatic heterocycles. The maximum absolute atomic E-state index is 13.0. The predicted octanol–water partition coefficient (Wildman–Crippen LogP) is 1.21. The fourth-order valence-electron chi connectivity index (χ4n) is 5.00. The lowest BCUT2D eigenvalue weighted by Crippen LogP contribution is -2.38. The summed E-state index contributed by atoms with van der Waals surface area (Å²) in [4.78, 5) is 44.1. The fraction of sp³-hybridized carbons (Fsp3) is 0.478. The molecule has 3 aromatic rings. The van der Waals surface area contributed by atoms with Gasteiger partial charge in [-0.2, -0.15) is 0 Å². The molecule has 2 aliphatic rings. The zero-order chi connectivity index (χ0) is 22.5. The number of carbonyl (C=O) groups excluding carboxylic acids is 1. The summed E-state index contributed by atoms with van der Waals surface area (Å²) >= 11 is 0. The summed E-state index contributed by atoms with van der Waals surface area (Å²) in [5.74, 6) is 0.489. The number of ether oxygens (including phenoxy) is 1. The zero-order valence-electron chi connectivity index (χ0n) is 18.4. The van der Waals surface area contributed by atoms with Gasteiger partial charge in [0.2, 0.25) is 11.8 Å². The molecule has 1 aromatic carbocycles. The Hall–Kier alpha value is -3.36. The molecule has 0 saturated carbocycles. The Morgan fingerprint density at radius 2 is 1.94 bits per heavy atom. The highest BCUT2D eigenvalue weighted by Gasteiger charge is 2.44. The third-order valence-electron chi connectivity index (χ3n) is 6.86. The highest BCUT2D eigenvalue weighted by Crippen LogP contribution is 2.38. The maximum Gasteiger partial charge on any atom is 0.333 e. The molecule has 0 unspecified atom stereocenters. The molecular weight excluding hydrogens is 410 g/mol. The van der Waals surface area contributed by atoms with Crippen LogP contribution in [0.25, 0.3) is 11.0 Å². The minimum Gasteiger partial charge on any atom is -0.471 e. The van der Waals surface area contributed by atoms with Crippen molar-refractivity contribution in [3.8, 4) is 5.88 Å². The SMILES string of the molecule is Cn1c2c(c(=O)n(C)c1=O)C[C@@]1(CCCN(C(=O)CCn3cnc4ccccc43)CC1)O2. The van der Waals surface area contributed by atoms with Gasteiger partial charge in [0, 0.05) is 53.0 Å². The van der Waals surface area contributed by atoms with Crippen LogP contribution in [0.4, 0.5) is 0 Å². The molecule has 9 nitrogen and oxygen atoms in total. The summed E-state index contributed by atoms with van der Waals surface area (Å²) in [5, 5.41) is 0. The second-order valence-electron chi connectivity index (χ2n) is 8.86. The average molecular weight is 438 g/mol. The predicted molar refractivity (Wildman–Crippen MR) is 119 cm³/mol. The van der Waals surface area contributed by atoms with E-state index in [-0.39, 0.29) is 17.2 Å². The van der Waals surface area contributed by atoms with Gasteiger partial charge in [0.15, 0.2) is 0 Å². The lowest BCUT2D eigenvalue weighted by Gasteiger charge is -2.27. The van der Waals surface area contributed by atoms with E-state index in [0.717, 1.165) is 28.4 Å². The van der Waals surface area contributed by atoms with Gasteiger partial charge in [0.05, 0.1) is 22.9 Å². The van der Waals surface area contributed by atoms with Crippen molar-refractivity contribution < 1.29 is 9.53 Å². The third-order valence-corrected chi connectivity index (χ3v) is 6.86. The summed E-state index contributed by atoms with van der Waals surface area (Å²) in [6.45, 7) is 1.83. The largest absolute Gasteiger partial charge is 0.471 e. The Bertz CT molecular complexity index is 1320. The van der Waals surface area contributed by atoms with Crippen LogP contribution in [0.2, 0.25) is 0 Å². The minimum absolute atomic E-state index is 0.110. The molecule has 9 heteroatoms. The van der Waals surface area contributed by atoms with Crippen LogP contribution in [0.5, 0.6) is 5.88 Å². The molecule has 1 fully saturated rings. The molecule has 1 amide bonds. The fourth-order valence-corrected chi connectivity index (χ4v) is 5.00. The van der Waals surface area contributed by atoms with Gasteiger partial charge in [0.25, 0.3) is 5.56 Å². The average Bonchev–Trinajstić information content (AvgIpc) is 3.32. The van der Waals surface area contributed by atoms with E-state index in [1.54, 1.807) is 13.4 Å². The maximum atomic E-state index is 13.0. The van der Waals surface area contributed by atoms with Crippen LogP contribution in [0.1, 0.15) is 31.2 Å². The number of amides is 1. The monoisotopic (exact) mass is 437 g/mol. The summed E-state index contributed by atoms with van der Waals surface area (Å²) in [7, 11) is 3.12. The van der Waals surface area contributed by atoms with Crippen molar-refractivity contribution in [2.45, 2.75) is 44.2 Å². The van der Waals surface area contributed by atoms with Crippen molar-refractivity contribution in [3.63, 3.8) is 0 Å². The highest BCUT2D eigenvalue weighted by atomic mass is 16.5. The number of aryl methyl sites for hydroxylation is 1. The van der Waals surface area contributed by atoms with Crippen LogP contribution in [0, 0.1) is 0 Å². The summed E-state index contributed by atoms with van der Waals surface area (Å²) in [6.07, 6.45) is 4.84. The van der Waals surface area contributed by atoms with E-state index in [9.17, 15) is 14.4 Å². The molecule has 1 saturated heterocycles. The quantitative estimate of drug-likeness (QED) is 0.614. The Kier molecular flexibility index (Phi) is 4.91. The number of rotatable bonds is 3. The standard InChI is InChI=1S/C23H27N5O4/c1-25-20(30)16-14-23(32-21(16)26(2)22(25)31)9-5-11-27(13-10-23)19(29)8-12-28-15-24-17-6-3-4-7-18(17)28/h3-4,6-7,15H,5,8-14H2,1-2H3/t23-/m0/s1. The number of carbonyl (C=O) groups is 1. The lowest BCUT2D eigenvalue weighted by molar-refractivity contribution is -0.131. The van der Waals surface area contributed by atoms with Gasteiger partial charge in [0.1, 0.15) is 5.60 Å². The van der Waals surface area contributed by atoms with Crippen molar-refractivity contribution in [2.75, 3.05) is 13.1 Å². The number of hydrogen-bond donors (Lipinski definition) is 0. The molecular formula is C23H27N5O4. The van der Waals surface area contributed by atoms with Crippen LogP contribution in [-0.2, 0) is 31.9 Å². The third kappa shape index (κ3) is 3.32. The number of hydrogen-bond acceptors (Lipinski definition) is 5. The number of imidazole rings is 1. The van der Waals surface area contributed by atoms with Crippen molar-refractivity contribution in [3.05, 3.63) is 57.0 Å². The van der Waals surface area contributed by atoms with E-state index in [1.165, 1.54) is 11.6 Å². The highest BCUT2D eigenvalue weighted by molar-refractivity contribution is 5.77. The van der Waals surface area contributed by atoms with Crippen LogP contribution in [0.15, 0.2) is 40.2 Å². The number of nitrogens with zero attached hydrogens (tertiary/aromatic N) is 5. The Morgan fingerprint density at radius 3 is 2.78 bits per heavy atom. The first kappa shape index (κ1) is 20.5. The van der Waals surface area contributed by atoms with Crippen molar-refractivity contribution >= 4 is 16.9 Å². The van der Waals surface area contributed by atoms with Gasteiger partial charge < -0.3 is 14.2 Å². The molecule has 0 bridgehead atoms. The molecule has 5 rings (SSSR count). The number of likely N-dealkylation sites (tertiary alicyclic amines) is 1. The minimum atomic E-state index is -0.532. The molecule has 32 heavy (non-hydrogen) atoms. The van der Waals surface area contributed by atoms with E-state index >= 15 is 0 Å². The molecule has 2 aliphatic heterocycles. The summed E-state index contributed by atoms with van der Waals surface area (Å²) in [6, 6.07) is 7.90. The first-order valence-electron chi connectivity index (χ1n) is 11.0.